The third-order valence-electron chi connectivity index (χ3n) is 3.90. The van der Waals surface area contributed by atoms with Gasteiger partial charge >= 0.3 is 0 Å². The molecule has 0 saturated carbocycles. The molecule has 136 valence electrons. The predicted octanol–water partition coefficient (Wildman–Crippen LogP) is 3.06. The van der Waals surface area contributed by atoms with Crippen LogP contribution in [0, 0.1) is 6.92 Å². The lowest BCUT2D eigenvalue weighted by Gasteiger charge is -2.27. The zero-order valence-corrected chi connectivity index (χ0v) is 15.7. The summed E-state index contributed by atoms with van der Waals surface area (Å²) < 4.78 is 0. The fraction of sp³-hybridized carbons (Fsp3) is 0.350. The molecule has 2 aromatic rings. The van der Waals surface area contributed by atoms with E-state index in [1.807, 2.05) is 58.2 Å². The SMILES string of the molecule is CC.CO.Cc1cnc(C2c3ccccc3C(N)=CCN2C)c(O)c1. The Kier molecular flexibility index (Phi) is 8.11. The number of aromatic nitrogens is 1. The molecule has 0 amide bonds. The molecule has 0 radical (unpaired) electrons. The summed E-state index contributed by atoms with van der Waals surface area (Å²) in [6.07, 6.45) is 3.79. The molecule has 5 heteroatoms. The highest BCUT2D eigenvalue weighted by molar-refractivity contribution is 5.68. The van der Waals surface area contributed by atoms with E-state index in [2.05, 4.69) is 9.88 Å². The number of likely N-dealkylation sites (N-methyl/N-ethyl adjacent to an activating group) is 1. The number of hydrogen-bond donors (Lipinski definition) is 3. The number of aliphatic hydroxyl groups is 1. The number of nitrogens with zero attached hydrogens (tertiary/aromatic N) is 2. The van der Waals surface area contributed by atoms with Gasteiger partial charge in [-0.3, -0.25) is 9.88 Å². The van der Waals surface area contributed by atoms with E-state index in [0.29, 0.717) is 12.2 Å². The van der Waals surface area contributed by atoms with Gasteiger partial charge in [0.25, 0.3) is 0 Å². The van der Waals surface area contributed by atoms with Gasteiger partial charge in [0.1, 0.15) is 11.4 Å². The molecule has 1 aromatic heterocycles. The van der Waals surface area contributed by atoms with E-state index < -0.39 is 0 Å². The highest BCUT2D eigenvalue weighted by atomic mass is 16.3. The summed E-state index contributed by atoms with van der Waals surface area (Å²) in [6, 6.07) is 9.66. The molecule has 0 fully saturated rings. The Morgan fingerprint density at radius 3 is 2.48 bits per heavy atom. The maximum absolute atomic E-state index is 10.3. The minimum atomic E-state index is -0.112. The van der Waals surface area contributed by atoms with Gasteiger partial charge in [0.2, 0.25) is 0 Å². The quantitative estimate of drug-likeness (QED) is 0.741. The monoisotopic (exact) mass is 343 g/mol. The van der Waals surface area contributed by atoms with Gasteiger partial charge in [-0.2, -0.15) is 0 Å². The molecule has 1 aliphatic heterocycles. The molecule has 0 spiro atoms. The van der Waals surface area contributed by atoms with E-state index in [4.69, 9.17) is 10.8 Å². The van der Waals surface area contributed by atoms with Gasteiger partial charge in [0.15, 0.2) is 0 Å². The Hall–Kier alpha value is -2.37. The number of rotatable bonds is 1. The van der Waals surface area contributed by atoms with Crippen molar-refractivity contribution in [1.82, 2.24) is 9.88 Å². The summed E-state index contributed by atoms with van der Waals surface area (Å²) in [5.41, 5.74) is 10.6. The first-order valence-electron chi connectivity index (χ1n) is 8.43. The molecule has 5 nitrogen and oxygen atoms in total. The minimum Gasteiger partial charge on any atom is -0.506 e. The van der Waals surface area contributed by atoms with Crippen LogP contribution in [0.4, 0.5) is 0 Å². The van der Waals surface area contributed by atoms with Crippen LogP contribution in [-0.4, -0.2) is 40.8 Å². The molecule has 0 bridgehead atoms. The fourth-order valence-electron chi connectivity index (χ4n) is 2.82. The van der Waals surface area contributed by atoms with Crippen molar-refractivity contribution < 1.29 is 10.2 Å². The standard InChI is InChI=1S/C17H19N3O.C2H6.CH4O/c1-11-9-15(21)16(19-10-11)17-13-6-4-3-5-12(13)14(18)7-8-20(17)2;2*1-2/h3-7,9-10,17,21H,8,18H2,1-2H3;1-2H3;2H,1H3. The molecule has 0 saturated heterocycles. The normalized spacial score (nSPS) is 16.2. The van der Waals surface area contributed by atoms with E-state index in [0.717, 1.165) is 29.5 Å². The average molecular weight is 343 g/mol. The molecule has 4 N–H and O–H groups in total. The third-order valence-corrected chi connectivity index (χ3v) is 3.90. The number of hydrogen-bond acceptors (Lipinski definition) is 5. The van der Waals surface area contributed by atoms with Crippen molar-refractivity contribution in [3.63, 3.8) is 0 Å². The van der Waals surface area contributed by atoms with Crippen LogP contribution in [0.5, 0.6) is 5.75 Å². The molecule has 25 heavy (non-hydrogen) atoms. The van der Waals surface area contributed by atoms with Crippen LogP contribution in [0.3, 0.4) is 0 Å². The maximum atomic E-state index is 10.3. The molecule has 1 unspecified atom stereocenters. The van der Waals surface area contributed by atoms with Gasteiger partial charge in [-0.05, 0) is 37.2 Å². The molecule has 1 aromatic carbocycles. The van der Waals surface area contributed by atoms with Gasteiger partial charge in [-0.15, -0.1) is 0 Å². The Bertz CT molecular complexity index is 714. The number of aliphatic hydroxyl groups excluding tert-OH is 1. The van der Waals surface area contributed by atoms with E-state index in [-0.39, 0.29) is 11.8 Å². The lowest BCUT2D eigenvalue weighted by atomic mass is 9.95. The van der Waals surface area contributed by atoms with Crippen molar-refractivity contribution >= 4 is 5.70 Å². The zero-order chi connectivity index (χ0) is 19.0. The fourth-order valence-corrected chi connectivity index (χ4v) is 2.82. The molecule has 1 atom stereocenters. The minimum absolute atomic E-state index is 0.112. The lowest BCUT2D eigenvalue weighted by molar-refractivity contribution is 0.297. The van der Waals surface area contributed by atoms with Gasteiger partial charge in [-0.25, -0.2) is 0 Å². The van der Waals surface area contributed by atoms with E-state index in [1.165, 1.54) is 0 Å². The third kappa shape index (κ3) is 4.59. The van der Waals surface area contributed by atoms with Crippen LogP contribution in [0.25, 0.3) is 5.70 Å². The Balaban J connectivity index is 0.000000730. The first-order valence-corrected chi connectivity index (χ1v) is 8.43. The second-order valence-electron chi connectivity index (χ2n) is 5.51. The first kappa shape index (κ1) is 20.7. The topological polar surface area (TPSA) is 82.6 Å². The second-order valence-corrected chi connectivity index (χ2v) is 5.51. The van der Waals surface area contributed by atoms with Crippen LogP contribution in [0.2, 0.25) is 0 Å². The number of aryl methyl sites for hydroxylation is 1. The summed E-state index contributed by atoms with van der Waals surface area (Å²) in [6.45, 7) is 6.63. The largest absolute Gasteiger partial charge is 0.506 e. The van der Waals surface area contributed by atoms with Gasteiger partial charge in [0, 0.05) is 31.1 Å². The van der Waals surface area contributed by atoms with Crippen LogP contribution >= 0.6 is 0 Å². The molecule has 0 aliphatic carbocycles. The highest BCUT2D eigenvalue weighted by Gasteiger charge is 2.27. The second kappa shape index (κ2) is 9.81. The summed E-state index contributed by atoms with van der Waals surface area (Å²) in [4.78, 5) is 6.60. The van der Waals surface area contributed by atoms with Crippen molar-refractivity contribution in [2.24, 2.45) is 5.73 Å². The molecule has 3 rings (SSSR count). The number of benzene rings is 1. The summed E-state index contributed by atoms with van der Waals surface area (Å²) in [5, 5.41) is 17.3. The zero-order valence-electron chi connectivity index (χ0n) is 15.7. The van der Waals surface area contributed by atoms with Crippen LogP contribution in [0.15, 0.2) is 42.6 Å². The van der Waals surface area contributed by atoms with Crippen molar-refractivity contribution in [1.29, 1.82) is 0 Å². The summed E-state index contributed by atoms with van der Waals surface area (Å²) in [7, 11) is 3.01. The summed E-state index contributed by atoms with van der Waals surface area (Å²) >= 11 is 0. The van der Waals surface area contributed by atoms with Crippen LogP contribution in [0.1, 0.15) is 42.3 Å². The smallest absolute Gasteiger partial charge is 0.139 e. The van der Waals surface area contributed by atoms with Gasteiger partial charge in [-0.1, -0.05) is 38.1 Å². The molecular weight excluding hydrogens is 314 g/mol. The maximum Gasteiger partial charge on any atom is 0.139 e. The average Bonchev–Trinajstić information content (AvgIpc) is 2.77. The Morgan fingerprint density at radius 2 is 1.84 bits per heavy atom. The number of pyridine rings is 1. The van der Waals surface area contributed by atoms with Crippen LogP contribution < -0.4 is 5.73 Å². The predicted molar refractivity (Wildman–Crippen MR) is 103 cm³/mol. The van der Waals surface area contributed by atoms with Crippen molar-refractivity contribution in [3.8, 4) is 5.75 Å². The first-order chi connectivity index (χ1) is 12.1. The number of aromatic hydroxyl groups is 1. The van der Waals surface area contributed by atoms with E-state index in [9.17, 15) is 5.11 Å². The van der Waals surface area contributed by atoms with Gasteiger partial charge < -0.3 is 15.9 Å². The molecule has 1 aliphatic rings. The van der Waals surface area contributed by atoms with E-state index in [1.54, 1.807) is 12.3 Å². The van der Waals surface area contributed by atoms with Crippen molar-refractivity contribution in [2.45, 2.75) is 26.8 Å². The molecule has 2 heterocycles. The summed E-state index contributed by atoms with van der Waals surface area (Å²) in [5.74, 6) is 0.224. The Morgan fingerprint density at radius 1 is 1.20 bits per heavy atom. The van der Waals surface area contributed by atoms with Crippen molar-refractivity contribution in [3.05, 3.63) is 65.0 Å². The molecular formula is C20H29N3O2. The van der Waals surface area contributed by atoms with E-state index >= 15 is 0 Å². The Labute approximate surface area is 150 Å². The van der Waals surface area contributed by atoms with Crippen LogP contribution in [-0.2, 0) is 0 Å². The highest BCUT2D eigenvalue weighted by Crippen LogP contribution is 2.36. The van der Waals surface area contributed by atoms with Gasteiger partial charge in [0.05, 0.1) is 6.04 Å². The number of fused-ring (bicyclic) bond motifs is 1. The van der Waals surface area contributed by atoms with Crippen molar-refractivity contribution in [2.75, 3.05) is 20.7 Å². The lowest BCUT2D eigenvalue weighted by Crippen LogP contribution is -2.26. The number of nitrogens with two attached hydrogens (primary N) is 1.